The molecule has 2 N–H and O–H groups in total. The van der Waals surface area contributed by atoms with Gasteiger partial charge >= 0.3 is 0 Å². The summed E-state index contributed by atoms with van der Waals surface area (Å²) in [5.74, 6) is 0.873. The van der Waals surface area contributed by atoms with Gasteiger partial charge in [-0.05, 0) is 31.6 Å². The smallest absolute Gasteiger partial charge is 0.0197 e. The Balaban J connectivity index is 1.92. The van der Waals surface area contributed by atoms with Crippen LogP contribution in [0.2, 0.25) is 0 Å². The quantitative estimate of drug-likeness (QED) is 0.550. The minimum Gasteiger partial charge on any atom is -0.326 e. The van der Waals surface area contributed by atoms with Gasteiger partial charge in [-0.3, -0.25) is 4.90 Å². The molecule has 4 saturated heterocycles. The second kappa shape index (κ2) is 1.99. The standard InChI is InChI=1S/C9H16N2/c10-9-5-11-7-1-2-8(11)4-6(9)3-7/h6-9H,1-5,10H2. The van der Waals surface area contributed by atoms with E-state index in [0.717, 1.165) is 18.0 Å². The molecule has 0 aromatic carbocycles. The molecular formula is C9H16N2. The molecule has 0 radical (unpaired) electrons. The highest BCUT2D eigenvalue weighted by atomic mass is 15.2. The maximum Gasteiger partial charge on any atom is 0.0197 e. The summed E-state index contributed by atoms with van der Waals surface area (Å²) >= 11 is 0. The van der Waals surface area contributed by atoms with Crippen LogP contribution in [0, 0.1) is 5.92 Å². The zero-order valence-corrected chi connectivity index (χ0v) is 6.87. The number of hydrogen-bond donors (Lipinski definition) is 1. The van der Waals surface area contributed by atoms with E-state index in [0.29, 0.717) is 6.04 Å². The summed E-state index contributed by atoms with van der Waals surface area (Å²) in [6.45, 7) is 1.19. The van der Waals surface area contributed by atoms with E-state index in [-0.39, 0.29) is 0 Å². The summed E-state index contributed by atoms with van der Waals surface area (Å²) in [5, 5.41) is 0. The molecule has 4 aliphatic heterocycles. The van der Waals surface area contributed by atoms with E-state index in [9.17, 15) is 0 Å². The predicted octanol–water partition coefficient (Wildman–Crippen LogP) is 0.570. The van der Waals surface area contributed by atoms with Crippen molar-refractivity contribution in [1.82, 2.24) is 4.90 Å². The molecule has 4 fully saturated rings. The van der Waals surface area contributed by atoms with Crippen molar-refractivity contribution in [3.63, 3.8) is 0 Å². The number of fused-ring (bicyclic) bond motifs is 1. The van der Waals surface area contributed by atoms with Gasteiger partial charge in [0.15, 0.2) is 0 Å². The highest BCUT2D eigenvalue weighted by molar-refractivity contribution is 5.03. The van der Waals surface area contributed by atoms with Gasteiger partial charge in [-0.2, -0.15) is 0 Å². The molecule has 0 spiro atoms. The van der Waals surface area contributed by atoms with Crippen LogP contribution in [0.1, 0.15) is 25.7 Å². The second-order valence-electron chi connectivity index (χ2n) is 4.48. The topological polar surface area (TPSA) is 29.3 Å². The van der Waals surface area contributed by atoms with Crippen molar-refractivity contribution in [2.45, 2.75) is 43.8 Å². The van der Waals surface area contributed by atoms with E-state index in [4.69, 9.17) is 5.73 Å². The van der Waals surface area contributed by atoms with Gasteiger partial charge in [-0.25, -0.2) is 0 Å². The average molecular weight is 152 g/mol. The Hall–Kier alpha value is -0.0800. The van der Waals surface area contributed by atoms with Crippen molar-refractivity contribution in [3.05, 3.63) is 0 Å². The normalized spacial score (nSPS) is 60.3. The third kappa shape index (κ3) is 0.744. The maximum absolute atomic E-state index is 6.03. The SMILES string of the molecule is NC1CN2C3CCC2CC1C3. The molecule has 0 saturated carbocycles. The Labute approximate surface area is 67.7 Å². The van der Waals surface area contributed by atoms with E-state index in [2.05, 4.69) is 4.90 Å². The number of piperidine rings is 3. The highest BCUT2D eigenvalue weighted by Gasteiger charge is 2.47. The first-order valence-corrected chi connectivity index (χ1v) is 4.86. The summed E-state index contributed by atoms with van der Waals surface area (Å²) in [5.41, 5.74) is 6.03. The zero-order chi connectivity index (χ0) is 7.42. The summed E-state index contributed by atoms with van der Waals surface area (Å²) in [4.78, 5) is 2.67. The Morgan fingerprint density at radius 1 is 1.09 bits per heavy atom. The Morgan fingerprint density at radius 2 is 1.73 bits per heavy atom. The van der Waals surface area contributed by atoms with E-state index in [1.807, 2.05) is 0 Å². The van der Waals surface area contributed by atoms with Crippen molar-refractivity contribution in [2.75, 3.05) is 6.54 Å². The van der Waals surface area contributed by atoms with Gasteiger partial charge in [0, 0.05) is 24.7 Å². The molecule has 3 unspecified atom stereocenters. The molecule has 11 heavy (non-hydrogen) atoms. The van der Waals surface area contributed by atoms with Crippen molar-refractivity contribution in [1.29, 1.82) is 0 Å². The lowest BCUT2D eigenvalue weighted by atomic mass is 9.80. The molecule has 4 aliphatic rings. The molecular weight excluding hydrogens is 136 g/mol. The third-order valence-corrected chi connectivity index (χ3v) is 3.95. The third-order valence-electron chi connectivity index (χ3n) is 3.95. The molecule has 0 aromatic heterocycles. The fourth-order valence-electron chi connectivity index (χ4n) is 3.36. The molecule has 0 amide bonds. The monoisotopic (exact) mass is 152 g/mol. The highest BCUT2D eigenvalue weighted by Crippen LogP contribution is 2.43. The Bertz CT molecular complexity index is 166. The van der Waals surface area contributed by atoms with E-state index in [1.54, 1.807) is 0 Å². The number of nitrogens with two attached hydrogens (primary N) is 1. The summed E-state index contributed by atoms with van der Waals surface area (Å²) in [6, 6.07) is 2.36. The second-order valence-corrected chi connectivity index (χ2v) is 4.48. The zero-order valence-electron chi connectivity index (χ0n) is 6.87. The fraction of sp³-hybridized carbons (Fsp3) is 1.00. The number of hydrogen-bond acceptors (Lipinski definition) is 2. The van der Waals surface area contributed by atoms with Gasteiger partial charge in [0.1, 0.15) is 0 Å². The lowest BCUT2D eigenvalue weighted by molar-refractivity contribution is 0.0253. The van der Waals surface area contributed by atoms with Gasteiger partial charge in [-0.1, -0.05) is 0 Å². The Kier molecular flexibility index (Phi) is 1.16. The average Bonchev–Trinajstić information content (AvgIpc) is 2.32. The van der Waals surface area contributed by atoms with Gasteiger partial charge in [0.05, 0.1) is 0 Å². The van der Waals surface area contributed by atoms with Crippen LogP contribution >= 0.6 is 0 Å². The first kappa shape index (κ1) is 6.44. The molecule has 62 valence electrons. The first-order valence-electron chi connectivity index (χ1n) is 4.86. The molecule has 4 rings (SSSR count). The van der Waals surface area contributed by atoms with Crippen LogP contribution in [0.5, 0.6) is 0 Å². The lowest BCUT2D eigenvalue weighted by Crippen LogP contribution is -2.59. The van der Waals surface area contributed by atoms with Crippen molar-refractivity contribution >= 4 is 0 Å². The predicted molar refractivity (Wildman–Crippen MR) is 44.2 cm³/mol. The number of rotatable bonds is 0. The van der Waals surface area contributed by atoms with Crippen LogP contribution in [0.25, 0.3) is 0 Å². The summed E-state index contributed by atoms with van der Waals surface area (Å²) in [6.07, 6.45) is 5.71. The van der Waals surface area contributed by atoms with Crippen molar-refractivity contribution in [2.24, 2.45) is 11.7 Å². The van der Waals surface area contributed by atoms with Crippen LogP contribution in [-0.2, 0) is 0 Å². The van der Waals surface area contributed by atoms with Gasteiger partial charge in [-0.15, -0.1) is 0 Å². The molecule has 4 heterocycles. The van der Waals surface area contributed by atoms with Gasteiger partial charge in [0.2, 0.25) is 0 Å². The molecule has 4 bridgehead atoms. The molecule has 0 aliphatic carbocycles. The van der Waals surface area contributed by atoms with Crippen LogP contribution in [-0.4, -0.2) is 29.6 Å². The minimum absolute atomic E-state index is 0.501. The van der Waals surface area contributed by atoms with E-state index < -0.39 is 0 Å². The summed E-state index contributed by atoms with van der Waals surface area (Å²) < 4.78 is 0. The van der Waals surface area contributed by atoms with Crippen LogP contribution < -0.4 is 5.73 Å². The molecule has 2 heteroatoms. The minimum atomic E-state index is 0.501. The fourth-order valence-corrected chi connectivity index (χ4v) is 3.36. The van der Waals surface area contributed by atoms with Crippen molar-refractivity contribution in [3.8, 4) is 0 Å². The lowest BCUT2D eigenvalue weighted by Gasteiger charge is -2.48. The molecule has 3 atom stereocenters. The first-order chi connectivity index (χ1) is 5.34. The van der Waals surface area contributed by atoms with Crippen molar-refractivity contribution < 1.29 is 0 Å². The van der Waals surface area contributed by atoms with Crippen LogP contribution in [0.15, 0.2) is 0 Å². The maximum atomic E-state index is 6.03. The van der Waals surface area contributed by atoms with Crippen LogP contribution in [0.4, 0.5) is 0 Å². The molecule has 0 aromatic rings. The van der Waals surface area contributed by atoms with E-state index >= 15 is 0 Å². The largest absolute Gasteiger partial charge is 0.326 e. The Morgan fingerprint density at radius 3 is 2.27 bits per heavy atom. The number of nitrogens with zero attached hydrogens (tertiary/aromatic N) is 1. The van der Waals surface area contributed by atoms with E-state index in [1.165, 1.54) is 32.2 Å². The van der Waals surface area contributed by atoms with Crippen LogP contribution in [0.3, 0.4) is 0 Å². The van der Waals surface area contributed by atoms with Gasteiger partial charge < -0.3 is 5.73 Å². The summed E-state index contributed by atoms with van der Waals surface area (Å²) in [7, 11) is 0. The van der Waals surface area contributed by atoms with Gasteiger partial charge in [0.25, 0.3) is 0 Å². The molecule has 2 nitrogen and oxygen atoms in total.